The smallest absolute Gasteiger partial charge is 0.261 e. The highest BCUT2D eigenvalue weighted by molar-refractivity contribution is 6.05. The number of methoxy groups -OCH3 is 1. The Bertz CT molecular complexity index is 1640. The third-order valence-corrected chi connectivity index (χ3v) is 8.58. The summed E-state index contributed by atoms with van der Waals surface area (Å²) < 4.78 is 29.0. The monoisotopic (exact) mass is 587 g/mol. The van der Waals surface area contributed by atoms with E-state index in [0.29, 0.717) is 35.8 Å². The van der Waals surface area contributed by atoms with Gasteiger partial charge in [-0.25, -0.2) is 14.4 Å². The van der Waals surface area contributed by atoms with Gasteiger partial charge in [0, 0.05) is 36.9 Å². The molecule has 0 atom stereocenters. The number of nitrogens with one attached hydrogen (secondary N) is 1. The number of imidazole rings is 1. The molecule has 1 amide bonds. The number of pyridine rings is 1. The van der Waals surface area contributed by atoms with Crippen molar-refractivity contribution in [1.29, 1.82) is 0 Å². The molecule has 1 saturated heterocycles. The van der Waals surface area contributed by atoms with Crippen LogP contribution in [0.15, 0.2) is 48.5 Å². The molecule has 9 nitrogen and oxygen atoms in total. The Morgan fingerprint density at radius 2 is 1.88 bits per heavy atom. The summed E-state index contributed by atoms with van der Waals surface area (Å²) >= 11 is 0. The number of amides is 1. The average Bonchev–Trinajstić information content (AvgIpc) is 3.35. The van der Waals surface area contributed by atoms with Crippen LogP contribution in [0.2, 0.25) is 0 Å². The van der Waals surface area contributed by atoms with Crippen molar-refractivity contribution in [1.82, 2.24) is 19.4 Å². The fraction of sp³-hybridized carbons (Fsp3) is 0.424. The Morgan fingerprint density at radius 1 is 1.14 bits per heavy atom. The Morgan fingerprint density at radius 3 is 2.63 bits per heavy atom. The highest BCUT2D eigenvalue weighted by atomic mass is 19.1. The van der Waals surface area contributed by atoms with Gasteiger partial charge in [0.15, 0.2) is 5.82 Å². The Labute approximate surface area is 250 Å². The van der Waals surface area contributed by atoms with E-state index in [1.165, 1.54) is 13.2 Å². The highest BCUT2D eigenvalue weighted by Gasteiger charge is 2.32. The lowest BCUT2D eigenvalue weighted by Crippen LogP contribution is -2.35. The number of benzene rings is 2. The number of carbonyl (C=O) groups is 1. The van der Waals surface area contributed by atoms with E-state index < -0.39 is 17.3 Å². The van der Waals surface area contributed by atoms with Gasteiger partial charge in [-0.15, -0.1) is 0 Å². The largest absolute Gasteiger partial charge is 0.496 e. The summed E-state index contributed by atoms with van der Waals surface area (Å²) in [5, 5.41) is 13.5. The van der Waals surface area contributed by atoms with Crippen molar-refractivity contribution in [3.63, 3.8) is 0 Å². The molecule has 2 aliphatic rings. The molecule has 2 aromatic heterocycles. The number of carbonyl (C=O) groups excluding carboxylic acids is 1. The standard InChI is InChI=1S/C33H38FN5O4/c1-21-18-25(29(34)30(35-21)24-6-4-5-7-28(24)42-3)31(40)37-32-36-26-19-22(20-38-14-16-43-17-15-38)8-9-27(26)39(32)23-10-12-33(2,41)13-11-23/h4-9,18-19,23,41H,10-17,20H2,1-3H3,(H,36,37,40). The van der Waals surface area contributed by atoms with Crippen LogP contribution in [-0.4, -0.2) is 69.5 Å². The first-order chi connectivity index (χ1) is 20.7. The van der Waals surface area contributed by atoms with E-state index in [4.69, 9.17) is 14.5 Å². The van der Waals surface area contributed by atoms with E-state index in [9.17, 15) is 9.90 Å². The first-order valence-corrected chi connectivity index (χ1v) is 14.9. The molecule has 1 aliphatic carbocycles. The van der Waals surface area contributed by atoms with Crippen LogP contribution in [-0.2, 0) is 11.3 Å². The molecule has 0 radical (unpaired) electrons. The Kier molecular flexibility index (Phi) is 8.17. The van der Waals surface area contributed by atoms with E-state index in [2.05, 4.69) is 33.4 Å². The van der Waals surface area contributed by atoms with Gasteiger partial charge in [-0.1, -0.05) is 18.2 Å². The topological polar surface area (TPSA) is 102 Å². The molecule has 1 aliphatic heterocycles. The van der Waals surface area contributed by atoms with E-state index in [-0.39, 0.29) is 17.3 Å². The Hall–Kier alpha value is -3.86. The summed E-state index contributed by atoms with van der Waals surface area (Å²) in [4.78, 5) is 25.4. The van der Waals surface area contributed by atoms with Gasteiger partial charge in [-0.2, -0.15) is 0 Å². The lowest BCUT2D eigenvalue weighted by molar-refractivity contribution is 0.0106. The van der Waals surface area contributed by atoms with E-state index >= 15 is 4.39 Å². The number of halogens is 1. The molecule has 0 spiro atoms. The van der Waals surface area contributed by atoms with Crippen molar-refractivity contribution < 1.29 is 23.8 Å². The van der Waals surface area contributed by atoms with Gasteiger partial charge in [0.2, 0.25) is 5.95 Å². The maximum atomic E-state index is 16.0. The maximum absolute atomic E-state index is 16.0. The fourth-order valence-electron chi connectivity index (χ4n) is 6.21. The van der Waals surface area contributed by atoms with Crippen LogP contribution in [0, 0.1) is 12.7 Å². The zero-order valence-corrected chi connectivity index (χ0v) is 24.9. The number of hydrogen-bond donors (Lipinski definition) is 2. The van der Waals surface area contributed by atoms with Crippen LogP contribution in [0.4, 0.5) is 10.3 Å². The van der Waals surface area contributed by atoms with Gasteiger partial charge in [0.05, 0.1) is 42.5 Å². The number of anilines is 1. The zero-order valence-electron chi connectivity index (χ0n) is 24.9. The molecule has 6 rings (SSSR count). The van der Waals surface area contributed by atoms with Crippen LogP contribution in [0.1, 0.15) is 60.3 Å². The molecule has 0 bridgehead atoms. The Balaban J connectivity index is 1.36. The van der Waals surface area contributed by atoms with E-state index in [1.807, 2.05) is 11.5 Å². The predicted octanol–water partition coefficient (Wildman–Crippen LogP) is 5.51. The number of para-hydroxylation sites is 1. The lowest BCUT2D eigenvalue weighted by atomic mass is 9.83. The minimum absolute atomic E-state index is 0.0267. The van der Waals surface area contributed by atoms with Gasteiger partial charge in [0.1, 0.15) is 11.4 Å². The quantitative estimate of drug-likeness (QED) is 0.294. The van der Waals surface area contributed by atoms with Crippen molar-refractivity contribution in [2.45, 2.75) is 57.7 Å². The first-order valence-electron chi connectivity index (χ1n) is 14.9. The molecular weight excluding hydrogens is 549 g/mol. The molecule has 2 aromatic carbocycles. The average molecular weight is 588 g/mol. The minimum atomic E-state index is -0.725. The second kappa shape index (κ2) is 12.0. The molecular formula is C33H38FN5O4. The molecule has 226 valence electrons. The number of morpholine rings is 1. The van der Waals surface area contributed by atoms with Crippen LogP contribution in [0.3, 0.4) is 0 Å². The first kappa shape index (κ1) is 29.2. The second-order valence-electron chi connectivity index (χ2n) is 11.9. The zero-order chi connectivity index (χ0) is 30.1. The number of aryl methyl sites for hydroxylation is 1. The maximum Gasteiger partial charge on any atom is 0.261 e. The number of nitrogens with zero attached hydrogens (tertiary/aromatic N) is 4. The van der Waals surface area contributed by atoms with Crippen molar-refractivity contribution in [2.75, 3.05) is 38.7 Å². The van der Waals surface area contributed by atoms with Crippen LogP contribution in [0.25, 0.3) is 22.3 Å². The normalized spacial score (nSPS) is 21.2. The third kappa shape index (κ3) is 6.13. The molecule has 4 aromatic rings. The molecule has 0 unspecified atom stereocenters. The number of rotatable bonds is 7. The van der Waals surface area contributed by atoms with Gasteiger partial charge in [-0.3, -0.25) is 15.0 Å². The van der Waals surface area contributed by atoms with Gasteiger partial charge in [0.25, 0.3) is 5.91 Å². The summed E-state index contributed by atoms with van der Waals surface area (Å²) in [6.07, 6.45) is 2.75. The summed E-state index contributed by atoms with van der Waals surface area (Å²) in [6.45, 7) is 7.59. The SMILES string of the molecule is COc1ccccc1-c1nc(C)cc(C(=O)Nc2nc3cc(CN4CCOCC4)ccc3n2C2CCC(C)(O)CC2)c1F. The molecule has 10 heteroatoms. The molecule has 2 N–H and O–H groups in total. The summed E-state index contributed by atoms with van der Waals surface area (Å²) in [7, 11) is 1.52. The number of ether oxygens (including phenoxy) is 2. The van der Waals surface area contributed by atoms with Crippen molar-refractivity contribution in [3.05, 3.63) is 71.2 Å². The van der Waals surface area contributed by atoms with Crippen LogP contribution in [0.5, 0.6) is 5.75 Å². The minimum Gasteiger partial charge on any atom is -0.496 e. The summed E-state index contributed by atoms with van der Waals surface area (Å²) in [6, 6.07) is 14.7. The fourth-order valence-corrected chi connectivity index (χ4v) is 6.21. The van der Waals surface area contributed by atoms with Crippen LogP contribution < -0.4 is 10.1 Å². The van der Waals surface area contributed by atoms with Crippen molar-refractivity contribution in [2.24, 2.45) is 0 Å². The number of aromatic nitrogens is 3. The van der Waals surface area contributed by atoms with E-state index in [1.54, 1.807) is 31.2 Å². The third-order valence-electron chi connectivity index (χ3n) is 8.58. The second-order valence-corrected chi connectivity index (χ2v) is 11.9. The van der Waals surface area contributed by atoms with Crippen LogP contribution >= 0.6 is 0 Å². The molecule has 3 heterocycles. The van der Waals surface area contributed by atoms with Gasteiger partial charge in [-0.05, 0) is 75.4 Å². The molecule has 43 heavy (non-hydrogen) atoms. The van der Waals surface area contributed by atoms with Gasteiger partial charge >= 0.3 is 0 Å². The number of aliphatic hydroxyl groups is 1. The van der Waals surface area contributed by atoms with Crippen molar-refractivity contribution in [3.8, 4) is 17.0 Å². The summed E-state index contributed by atoms with van der Waals surface area (Å²) in [5.74, 6) is -0.500. The van der Waals surface area contributed by atoms with Gasteiger partial charge < -0.3 is 19.1 Å². The number of hydrogen-bond acceptors (Lipinski definition) is 7. The van der Waals surface area contributed by atoms with E-state index in [0.717, 1.165) is 62.3 Å². The summed E-state index contributed by atoms with van der Waals surface area (Å²) in [5.41, 5.74) is 2.98. The van der Waals surface area contributed by atoms with Crippen molar-refractivity contribution >= 4 is 22.9 Å². The highest BCUT2D eigenvalue weighted by Crippen LogP contribution is 2.39. The molecule has 1 saturated carbocycles. The predicted molar refractivity (Wildman–Crippen MR) is 163 cm³/mol. The number of fused-ring (bicyclic) bond motifs is 1. The lowest BCUT2D eigenvalue weighted by Gasteiger charge is -2.34. The molecule has 2 fully saturated rings.